The minimum absolute atomic E-state index is 0.351. The van der Waals surface area contributed by atoms with Crippen LogP contribution in [0.2, 0.25) is 0 Å². The van der Waals surface area contributed by atoms with Crippen LogP contribution in [-0.2, 0) is 10.2 Å². The smallest absolute Gasteiger partial charge is 0.218 e. The minimum atomic E-state index is -2.74. The molecule has 0 bridgehead atoms. The Balaban J connectivity index is 3.27. The quantitative estimate of drug-likeness (QED) is 0.747. The van der Waals surface area contributed by atoms with E-state index in [9.17, 15) is 9.67 Å². The normalized spacial score (nSPS) is 17.4. The van der Waals surface area contributed by atoms with Crippen molar-refractivity contribution in [3.05, 3.63) is 29.8 Å². The molecule has 0 heterocycles. The molecule has 2 N–H and O–H groups in total. The topological polar surface area (TPSA) is 57.5 Å². The Hall–Kier alpha value is -0.630. The van der Waals surface area contributed by atoms with Crippen molar-refractivity contribution in [3.63, 3.8) is 0 Å². The zero-order chi connectivity index (χ0) is 10.8. The van der Waals surface area contributed by atoms with Gasteiger partial charge in [-0.2, -0.15) is 0 Å². The van der Waals surface area contributed by atoms with Crippen LogP contribution in [0.5, 0.6) is 0 Å². The van der Waals surface area contributed by atoms with Crippen molar-refractivity contribution >= 4 is 13.3 Å². The largest absolute Gasteiger partial charge is 0.385 e. The van der Waals surface area contributed by atoms with Crippen molar-refractivity contribution in [1.82, 2.24) is 0 Å². The first-order valence-electron chi connectivity index (χ1n) is 4.54. The number of aliphatic hydroxyl groups is 1. The number of benzene rings is 1. The summed E-state index contributed by atoms with van der Waals surface area (Å²) in [6, 6.07) is 6.73. The molecule has 0 radical (unpaired) electrons. The molecule has 4 heteroatoms. The average Bonchev–Trinajstić information content (AvgIpc) is 2.18. The van der Waals surface area contributed by atoms with Crippen molar-refractivity contribution in [2.45, 2.75) is 25.9 Å². The van der Waals surface area contributed by atoms with Crippen LogP contribution in [0, 0.1) is 0 Å². The van der Waals surface area contributed by atoms with Crippen molar-refractivity contribution < 1.29 is 14.6 Å². The Morgan fingerprint density at radius 2 is 2.00 bits per heavy atom. The summed E-state index contributed by atoms with van der Waals surface area (Å²) in [5, 5.41) is 10.3. The molecule has 0 aliphatic carbocycles. The van der Waals surface area contributed by atoms with Crippen molar-refractivity contribution in [3.8, 4) is 0 Å². The molecule has 0 saturated carbocycles. The fraction of sp³-hybridized carbons (Fsp3) is 0.400. The van der Waals surface area contributed by atoms with E-state index in [2.05, 4.69) is 0 Å². The molecule has 1 aromatic carbocycles. The number of hydrogen-bond acceptors (Lipinski definition) is 2. The third-order valence-electron chi connectivity index (χ3n) is 2.43. The number of rotatable bonds is 3. The van der Waals surface area contributed by atoms with Crippen molar-refractivity contribution in [2.75, 3.05) is 0 Å². The van der Waals surface area contributed by atoms with Gasteiger partial charge in [0.05, 0.1) is 5.60 Å². The van der Waals surface area contributed by atoms with Crippen LogP contribution in [0.1, 0.15) is 25.8 Å². The molecule has 1 rings (SSSR count). The van der Waals surface area contributed by atoms with Crippen molar-refractivity contribution in [2.24, 2.45) is 0 Å². The zero-order valence-corrected chi connectivity index (χ0v) is 9.32. The van der Waals surface area contributed by atoms with Gasteiger partial charge in [0.15, 0.2) is 0 Å². The highest BCUT2D eigenvalue weighted by Gasteiger charge is 2.24. The molecule has 0 aliphatic heterocycles. The van der Waals surface area contributed by atoms with E-state index in [0.717, 1.165) is 0 Å². The highest BCUT2D eigenvalue weighted by atomic mass is 31.1. The van der Waals surface area contributed by atoms with E-state index >= 15 is 0 Å². The molecule has 14 heavy (non-hydrogen) atoms. The summed E-state index contributed by atoms with van der Waals surface area (Å²) >= 11 is 0. The fourth-order valence-electron chi connectivity index (χ4n) is 1.33. The standard InChI is InChI=1S/C10H15O3P/c1-3-10(2,11)8-6-4-5-7-9(8)14(12)13/h4-7,11,14H,3H2,1-2H3,(H,12,13). The van der Waals surface area contributed by atoms with E-state index in [1.165, 1.54) is 0 Å². The summed E-state index contributed by atoms with van der Waals surface area (Å²) in [5.74, 6) is 0. The Bertz CT molecular complexity index is 347. The summed E-state index contributed by atoms with van der Waals surface area (Å²) in [4.78, 5) is 9.10. The maximum absolute atomic E-state index is 11.1. The summed E-state index contributed by atoms with van der Waals surface area (Å²) in [6.07, 6.45) is 0.513. The van der Waals surface area contributed by atoms with E-state index in [0.29, 0.717) is 17.3 Å². The highest BCUT2D eigenvalue weighted by molar-refractivity contribution is 7.47. The Labute approximate surface area is 84.3 Å². The van der Waals surface area contributed by atoms with Gasteiger partial charge in [-0.3, -0.25) is 4.57 Å². The van der Waals surface area contributed by atoms with E-state index in [1.54, 1.807) is 31.2 Å². The molecule has 1 aromatic rings. The van der Waals surface area contributed by atoms with Gasteiger partial charge in [-0.1, -0.05) is 25.1 Å². The molecule has 0 fully saturated rings. The zero-order valence-electron chi connectivity index (χ0n) is 8.32. The maximum Gasteiger partial charge on any atom is 0.218 e. The van der Waals surface area contributed by atoms with Crippen LogP contribution < -0.4 is 5.30 Å². The Morgan fingerprint density at radius 3 is 2.50 bits per heavy atom. The van der Waals surface area contributed by atoms with E-state index in [4.69, 9.17) is 4.89 Å². The SMILES string of the molecule is CCC(C)(O)c1ccccc1[PH](=O)O. The van der Waals surface area contributed by atoms with Crippen LogP contribution in [0.4, 0.5) is 0 Å². The molecule has 0 spiro atoms. The predicted molar refractivity (Wildman–Crippen MR) is 57.2 cm³/mol. The second-order valence-corrected chi connectivity index (χ2v) is 4.63. The first-order chi connectivity index (χ1) is 6.49. The maximum atomic E-state index is 11.1. The lowest BCUT2D eigenvalue weighted by Gasteiger charge is -2.23. The molecular weight excluding hydrogens is 199 g/mol. The lowest BCUT2D eigenvalue weighted by Crippen LogP contribution is -2.26. The summed E-state index contributed by atoms with van der Waals surface area (Å²) in [7, 11) is -2.74. The van der Waals surface area contributed by atoms with Gasteiger partial charge in [-0.25, -0.2) is 0 Å². The average molecular weight is 214 g/mol. The molecule has 3 nitrogen and oxygen atoms in total. The van der Waals surface area contributed by atoms with Gasteiger partial charge in [0.2, 0.25) is 8.03 Å². The molecule has 0 aliphatic rings. The van der Waals surface area contributed by atoms with Gasteiger partial charge >= 0.3 is 0 Å². The Kier molecular flexibility index (Phi) is 3.48. The van der Waals surface area contributed by atoms with Gasteiger partial charge in [0.1, 0.15) is 0 Å². The molecule has 0 saturated heterocycles. The summed E-state index contributed by atoms with van der Waals surface area (Å²) in [5.41, 5.74) is -0.478. The molecule has 0 aromatic heterocycles. The molecular formula is C10H15O3P. The van der Waals surface area contributed by atoms with Gasteiger partial charge in [0.25, 0.3) is 0 Å². The second kappa shape index (κ2) is 4.26. The monoisotopic (exact) mass is 214 g/mol. The number of hydrogen-bond donors (Lipinski definition) is 2. The minimum Gasteiger partial charge on any atom is -0.385 e. The van der Waals surface area contributed by atoms with Crippen LogP contribution >= 0.6 is 8.03 Å². The van der Waals surface area contributed by atoms with Gasteiger partial charge in [-0.05, 0) is 25.0 Å². The van der Waals surface area contributed by atoms with E-state index in [1.807, 2.05) is 6.92 Å². The predicted octanol–water partition coefficient (Wildman–Crippen LogP) is 1.40. The van der Waals surface area contributed by atoms with Gasteiger partial charge in [0, 0.05) is 5.30 Å². The van der Waals surface area contributed by atoms with Crippen LogP contribution in [0.25, 0.3) is 0 Å². The van der Waals surface area contributed by atoms with E-state index in [-0.39, 0.29) is 0 Å². The van der Waals surface area contributed by atoms with Crippen molar-refractivity contribution in [1.29, 1.82) is 0 Å². The molecule has 2 unspecified atom stereocenters. The lowest BCUT2D eigenvalue weighted by molar-refractivity contribution is 0.0540. The van der Waals surface area contributed by atoms with E-state index < -0.39 is 13.6 Å². The fourth-order valence-corrected chi connectivity index (χ4v) is 2.15. The van der Waals surface area contributed by atoms with Crippen LogP contribution in [0.15, 0.2) is 24.3 Å². The third kappa shape index (κ3) is 2.24. The molecule has 78 valence electrons. The van der Waals surface area contributed by atoms with Gasteiger partial charge < -0.3 is 10.00 Å². The first-order valence-corrected chi connectivity index (χ1v) is 5.89. The molecule has 2 atom stereocenters. The summed E-state index contributed by atoms with van der Waals surface area (Å²) < 4.78 is 11.1. The van der Waals surface area contributed by atoms with Crippen LogP contribution in [-0.4, -0.2) is 10.00 Å². The summed E-state index contributed by atoms with van der Waals surface area (Å²) in [6.45, 7) is 3.49. The van der Waals surface area contributed by atoms with Gasteiger partial charge in [-0.15, -0.1) is 0 Å². The highest BCUT2D eigenvalue weighted by Crippen LogP contribution is 2.27. The third-order valence-corrected chi connectivity index (χ3v) is 3.32. The lowest BCUT2D eigenvalue weighted by atomic mass is 9.93. The first kappa shape index (κ1) is 11.4. The molecule has 0 amide bonds. The Morgan fingerprint density at radius 1 is 1.43 bits per heavy atom. The second-order valence-electron chi connectivity index (χ2n) is 3.48. The van der Waals surface area contributed by atoms with Crippen LogP contribution in [0.3, 0.4) is 0 Å².